The summed E-state index contributed by atoms with van der Waals surface area (Å²) in [5, 5.41) is 1.98. The maximum atomic E-state index is 11.4. The number of carbonyl (C=O) groups is 1. The van der Waals surface area contributed by atoms with Gasteiger partial charge in [0.15, 0.2) is 0 Å². The molecule has 0 unspecified atom stereocenters. The molecule has 0 spiro atoms. The van der Waals surface area contributed by atoms with Crippen LogP contribution in [0, 0.1) is 12.3 Å². The van der Waals surface area contributed by atoms with Crippen LogP contribution < -0.4 is 0 Å². The lowest BCUT2D eigenvalue weighted by molar-refractivity contribution is 0.0601. The molecule has 17 heavy (non-hydrogen) atoms. The van der Waals surface area contributed by atoms with Crippen molar-refractivity contribution >= 4 is 17.3 Å². The van der Waals surface area contributed by atoms with Gasteiger partial charge in [0.2, 0.25) is 0 Å². The Morgan fingerprint density at radius 2 is 2.18 bits per heavy atom. The van der Waals surface area contributed by atoms with E-state index in [9.17, 15) is 4.79 Å². The van der Waals surface area contributed by atoms with Gasteiger partial charge in [-0.1, -0.05) is 18.1 Å². The summed E-state index contributed by atoms with van der Waals surface area (Å²) in [6, 6.07) is 9.22. The summed E-state index contributed by atoms with van der Waals surface area (Å²) in [6.07, 6.45) is 5.33. The minimum Gasteiger partial charge on any atom is -0.465 e. The predicted molar refractivity (Wildman–Crippen MR) is 69.0 cm³/mol. The summed E-state index contributed by atoms with van der Waals surface area (Å²) in [5.74, 6) is 2.26. The lowest BCUT2D eigenvalue weighted by Crippen LogP contribution is -2.00. The highest BCUT2D eigenvalue weighted by Gasteiger charge is 2.07. The second-order valence-electron chi connectivity index (χ2n) is 3.42. The van der Waals surface area contributed by atoms with Crippen LogP contribution in [0.1, 0.15) is 15.2 Å². The Bertz CT molecular complexity index is 590. The van der Waals surface area contributed by atoms with Crippen molar-refractivity contribution < 1.29 is 9.53 Å². The van der Waals surface area contributed by atoms with Crippen LogP contribution in [0.3, 0.4) is 0 Å². The smallest absolute Gasteiger partial charge is 0.337 e. The van der Waals surface area contributed by atoms with Crippen molar-refractivity contribution in [2.75, 3.05) is 7.11 Å². The van der Waals surface area contributed by atoms with Crippen molar-refractivity contribution in [2.45, 2.75) is 0 Å². The minimum atomic E-state index is -0.334. The van der Waals surface area contributed by atoms with Gasteiger partial charge in [0.05, 0.1) is 17.6 Å². The average molecular weight is 242 g/mol. The molecule has 3 heteroatoms. The normalized spacial score (nSPS) is 9.65. The maximum Gasteiger partial charge on any atom is 0.337 e. The second kappa shape index (κ2) is 4.86. The SMILES string of the molecule is C#Cc1cc(-c2cccc(C(=O)OC)c2)cs1. The molecule has 1 aromatic heterocycles. The third-order valence-electron chi connectivity index (χ3n) is 2.36. The molecule has 0 aliphatic carbocycles. The van der Waals surface area contributed by atoms with Crippen LogP contribution in [0.5, 0.6) is 0 Å². The van der Waals surface area contributed by atoms with E-state index < -0.39 is 0 Å². The lowest BCUT2D eigenvalue weighted by atomic mass is 10.1. The molecule has 0 saturated heterocycles. The zero-order valence-corrected chi connectivity index (χ0v) is 10.1. The third-order valence-corrected chi connectivity index (χ3v) is 3.22. The first kappa shape index (κ1) is 11.4. The second-order valence-corrected chi connectivity index (χ2v) is 4.33. The lowest BCUT2D eigenvalue weighted by Gasteiger charge is -2.01. The molecule has 1 aromatic carbocycles. The van der Waals surface area contributed by atoms with E-state index in [-0.39, 0.29) is 5.97 Å². The molecular weight excluding hydrogens is 232 g/mol. The first-order valence-electron chi connectivity index (χ1n) is 4.98. The number of terminal acetylenes is 1. The van der Waals surface area contributed by atoms with Crippen LogP contribution in [0.4, 0.5) is 0 Å². The zero-order valence-electron chi connectivity index (χ0n) is 9.27. The van der Waals surface area contributed by atoms with Crippen LogP contribution in [0.2, 0.25) is 0 Å². The van der Waals surface area contributed by atoms with E-state index in [4.69, 9.17) is 6.42 Å². The van der Waals surface area contributed by atoms with Crippen LogP contribution >= 0.6 is 11.3 Å². The van der Waals surface area contributed by atoms with Gasteiger partial charge >= 0.3 is 5.97 Å². The Labute approximate surface area is 104 Å². The summed E-state index contributed by atoms with van der Waals surface area (Å²) in [5.41, 5.74) is 2.53. The molecule has 0 fully saturated rings. The number of carbonyl (C=O) groups excluding carboxylic acids is 1. The van der Waals surface area contributed by atoms with E-state index in [1.807, 2.05) is 23.6 Å². The van der Waals surface area contributed by atoms with Crippen LogP contribution in [-0.4, -0.2) is 13.1 Å². The average Bonchev–Trinajstić information content (AvgIpc) is 2.86. The van der Waals surface area contributed by atoms with Gasteiger partial charge in [-0.3, -0.25) is 0 Å². The van der Waals surface area contributed by atoms with Gasteiger partial charge in [-0.2, -0.15) is 0 Å². The molecule has 0 N–H and O–H groups in total. The molecule has 2 nitrogen and oxygen atoms in total. The number of rotatable bonds is 2. The number of ether oxygens (including phenoxy) is 1. The number of methoxy groups -OCH3 is 1. The summed E-state index contributed by atoms with van der Waals surface area (Å²) < 4.78 is 4.68. The van der Waals surface area contributed by atoms with E-state index in [2.05, 4.69) is 10.7 Å². The van der Waals surface area contributed by atoms with Crippen LogP contribution in [0.25, 0.3) is 11.1 Å². The Balaban J connectivity index is 2.40. The molecule has 0 aliphatic rings. The number of esters is 1. The highest BCUT2D eigenvalue weighted by atomic mass is 32.1. The third kappa shape index (κ3) is 2.38. The fraction of sp³-hybridized carbons (Fsp3) is 0.0714. The number of thiophene rings is 1. The minimum absolute atomic E-state index is 0.334. The Hall–Kier alpha value is -2.05. The summed E-state index contributed by atoms with van der Waals surface area (Å²) >= 11 is 1.51. The molecule has 0 amide bonds. The van der Waals surface area contributed by atoms with Crippen LogP contribution in [-0.2, 0) is 4.74 Å². The van der Waals surface area contributed by atoms with Gasteiger partial charge in [0.25, 0.3) is 0 Å². The van der Waals surface area contributed by atoms with Crippen molar-refractivity contribution in [3.63, 3.8) is 0 Å². The fourth-order valence-corrected chi connectivity index (χ4v) is 2.23. The number of benzene rings is 1. The molecular formula is C14H10O2S. The molecule has 1 heterocycles. The summed E-state index contributed by atoms with van der Waals surface area (Å²) in [7, 11) is 1.37. The van der Waals surface area contributed by atoms with E-state index in [0.29, 0.717) is 5.56 Å². The van der Waals surface area contributed by atoms with Crippen molar-refractivity contribution in [3.8, 4) is 23.5 Å². The summed E-state index contributed by atoms with van der Waals surface area (Å²) in [4.78, 5) is 12.3. The predicted octanol–water partition coefficient (Wildman–Crippen LogP) is 3.18. The molecule has 0 aliphatic heterocycles. The maximum absolute atomic E-state index is 11.4. The first-order valence-corrected chi connectivity index (χ1v) is 5.86. The largest absolute Gasteiger partial charge is 0.465 e. The van der Waals surface area contributed by atoms with Gasteiger partial charge in [0, 0.05) is 0 Å². The fourth-order valence-electron chi connectivity index (χ4n) is 1.51. The number of hydrogen-bond acceptors (Lipinski definition) is 3. The van der Waals surface area contributed by atoms with E-state index in [0.717, 1.165) is 16.0 Å². The molecule has 0 saturated carbocycles. The Morgan fingerprint density at radius 1 is 1.35 bits per heavy atom. The van der Waals surface area contributed by atoms with Gasteiger partial charge in [-0.25, -0.2) is 4.79 Å². The summed E-state index contributed by atoms with van der Waals surface area (Å²) in [6.45, 7) is 0. The van der Waals surface area contributed by atoms with Crippen molar-refractivity contribution in [2.24, 2.45) is 0 Å². The van der Waals surface area contributed by atoms with E-state index in [1.165, 1.54) is 18.4 Å². The van der Waals surface area contributed by atoms with Crippen molar-refractivity contribution in [1.29, 1.82) is 0 Å². The van der Waals surface area contributed by atoms with Gasteiger partial charge in [0.1, 0.15) is 0 Å². The monoisotopic (exact) mass is 242 g/mol. The van der Waals surface area contributed by atoms with E-state index in [1.54, 1.807) is 12.1 Å². The van der Waals surface area contributed by atoms with E-state index >= 15 is 0 Å². The highest BCUT2D eigenvalue weighted by molar-refractivity contribution is 7.11. The topological polar surface area (TPSA) is 26.3 Å². The quantitative estimate of drug-likeness (QED) is 0.597. The molecule has 0 atom stereocenters. The standard InChI is InChI=1S/C14H10O2S/c1-3-13-8-12(9-17-13)10-5-4-6-11(7-10)14(15)16-2/h1,4-9H,2H3. The van der Waals surface area contributed by atoms with Crippen molar-refractivity contribution in [3.05, 3.63) is 46.2 Å². The molecule has 84 valence electrons. The van der Waals surface area contributed by atoms with Gasteiger partial charge in [-0.15, -0.1) is 17.8 Å². The molecule has 0 bridgehead atoms. The Kier molecular flexibility index (Phi) is 3.27. The highest BCUT2D eigenvalue weighted by Crippen LogP contribution is 2.26. The molecule has 2 aromatic rings. The number of hydrogen-bond donors (Lipinski definition) is 0. The van der Waals surface area contributed by atoms with Crippen LogP contribution in [0.15, 0.2) is 35.7 Å². The molecule has 2 rings (SSSR count). The zero-order chi connectivity index (χ0) is 12.3. The van der Waals surface area contributed by atoms with Gasteiger partial charge < -0.3 is 4.74 Å². The van der Waals surface area contributed by atoms with Crippen molar-refractivity contribution in [1.82, 2.24) is 0 Å². The Morgan fingerprint density at radius 3 is 2.82 bits per heavy atom. The first-order chi connectivity index (χ1) is 8.24. The van der Waals surface area contributed by atoms with Gasteiger partial charge in [-0.05, 0) is 34.7 Å². The molecule has 0 radical (unpaired) electrons.